The lowest BCUT2D eigenvalue weighted by Gasteiger charge is -2.32. The summed E-state index contributed by atoms with van der Waals surface area (Å²) < 4.78 is 5.25. The van der Waals surface area contributed by atoms with Gasteiger partial charge in [0.2, 0.25) is 11.8 Å². The summed E-state index contributed by atoms with van der Waals surface area (Å²) in [6, 6.07) is 13.5. The van der Waals surface area contributed by atoms with E-state index in [1.807, 2.05) is 30.3 Å². The number of carbonyl (C=O) groups is 3. The van der Waals surface area contributed by atoms with Crippen LogP contribution in [0.2, 0.25) is 0 Å². The van der Waals surface area contributed by atoms with Crippen LogP contribution in [0.4, 0.5) is 4.79 Å². The van der Waals surface area contributed by atoms with Gasteiger partial charge in [0.1, 0.15) is 23.9 Å². The van der Waals surface area contributed by atoms with Crippen LogP contribution in [0, 0.1) is 6.92 Å². The molecule has 8 heteroatoms. The lowest BCUT2D eigenvalue weighted by atomic mass is 10.0. The van der Waals surface area contributed by atoms with Crippen molar-refractivity contribution in [3.8, 4) is 5.75 Å². The fourth-order valence-electron chi connectivity index (χ4n) is 3.70. The maximum absolute atomic E-state index is 13.5. The van der Waals surface area contributed by atoms with Gasteiger partial charge in [-0.05, 0) is 62.9 Å². The molecule has 0 aliphatic carbocycles. The molecular formula is C28H39N3O5. The van der Waals surface area contributed by atoms with Crippen molar-refractivity contribution in [1.29, 1.82) is 0 Å². The summed E-state index contributed by atoms with van der Waals surface area (Å²) in [5.74, 6) is -0.633. The Kier molecular flexibility index (Phi) is 10.8. The number of carbonyl (C=O) groups excluding carboxylic acids is 3. The molecule has 2 rings (SSSR count). The topological polar surface area (TPSA) is 108 Å². The quantitative estimate of drug-likeness (QED) is 0.393. The summed E-state index contributed by atoms with van der Waals surface area (Å²) in [4.78, 5) is 40.6. The van der Waals surface area contributed by atoms with Crippen LogP contribution in [-0.2, 0) is 20.9 Å². The van der Waals surface area contributed by atoms with E-state index < -0.39 is 23.6 Å². The number of alkyl carbamates (subject to hydrolysis) is 1. The fraction of sp³-hybridized carbons (Fsp3) is 0.464. The number of phenols is 1. The molecule has 0 aromatic heterocycles. The highest BCUT2D eigenvalue weighted by molar-refractivity contribution is 5.90. The average Bonchev–Trinajstić information content (AvgIpc) is 2.82. The molecule has 2 aromatic carbocycles. The molecule has 0 spiro atoms. The maximum Gasteiger partial charge on any atom is 0.408 e. The molecule has 0 radical (unpaired) electrons. The van der Waals surface area contributed by atoms with E-state index in [0.29, 0.717) is 30.6 Å². The molecule has 196 valence electrons. The van der Waals surface area contributed by atoms with Crippen molar-refractivity contribution in [2.75, 3.05) is 13.1 Å². The highest BCUT2D eigenvalue weighted by atomic mass is 16.6. The molecule has 1 unspecified atom stereocenters. The van der Waals surface area contributed by atoms with E-state index in [-0.39, 0.29) is 18.2 Å². The van der Waals surface area contributed by atoms with Gasteiger partial charge >= 0.3 is 6.09 Å². The number of nitrogens with one attached hydrogen (secondary N) is 2. The Labute approximate surface area is 214 Å². The van der Waals surface area contributed by atoms with Crippen LogP contribution in [-0.4, -0.2) is 46.6 Å². The Morgan fingerprint density at radius 2 is 1.72 bits per heavy atom. The standard InChI is InChI=1S/C28H39N3O5/c1-6-7-11-16-31(24(33)19-30-27(35)36-28(3,4)5)25(22-14-15-23(32)20(2)17-22)26(34)29-18-21-12-9-8-10-13-21/h8-10,12-15,17,25,32H,6-7,11,16,18-19H2,1-5H3,(H,29,34)(H,30,35). The highest BCUT2D eigenvalue weighted by Gasteiger charge is 2.32. The zero-order valence-electron chi connectivity index (χ0n) is 22.0. The van der Waals surface area contributed by atoms with E-state index in [0.717, 1.165) is 18.4 Å². The minimum atomic E-state index is -0.933. The van der Waals surface area contributed by atoms with Gasteiger partial charge < -0.3 is 25.4 Å². The van der Waals surface area contributed by atoms with Crippen molar-refractivity contribution in [2.24, 2.45) is 0 Å². The monoisotopic (exact) mass is 497 g/mol. The van der Waals surface area contributed by atoms with Crippen LogP contribution < -0.4 is 10.6 Å². The first-order chi connectivity index (χ1) is 17.0. The molecular weight excluding hydrogens is 458 g/mol. The third-order valence-corrected chi connectivity index (χ3v) is 5.51. The first kappa shape index (κ1) is 28.7. The van der Waals surface area contributed by atoms with E-state index in [1.165, 1.54) is 11.0 Å². The van der Waals surface area contributed by atoms with Crippen LogP contribution in [0.1, 0.15) is 69.7 Å². The summed E-state index contributed by atoms with van der Waals surface area (Å²) in [5.41, 5.74) is 1.42. The normalized spacial score (nSPS) is 11.9. The van der Waals surface area contributed by atoms with Crippen molar-refractivity contribution < 1.29 is 24.2 Å². The number of hydrogen-bond acceptors (Lipinski definition) is 5. The van der Waals surface area contributed by atoms with Gasteiger partial charge in [-0.15, -0.1) is 0 Å². The molecule has 0 fully saturated rings. The van der Waals surface area contributed by atoms with Crippen LogP contribution in [0.5, 0.6) is 5.75 Å². The van der Waals surface area contributed by atoms with Gasteiger partial charge in [0.05, 0.1) is 0 Å². The number of amides is 3. The number of rotatable bonds is 11. The minimum Gasteiger partial charge on any atom is -0.508 e. The predicted octanol–water partition coefficient (Wildman–Crippen LogP) is 4.60. The number of hydrogen-bond donors (Lipinski definition) is 3. The van der Waals surface area contributed by atoms with Crippen molar-refractivity contribution >= 4 is 17.9 Å². The second-order valence-corrected chi connectivity index (χ2v) is 9.80. The van der Waals surface area contributed by atoms with Gasteiger partial charge in [-0.1, -0.05) is 56.2 Å². The Balaban J connectivity index is 2.32. The number of phenolic OH excluding ortho intramolecular Hbond substituents is 1. The smallest absolute Gasteiger partial charge is 0.408 e. The van der Waals surface area contributed by atoms with Crippen molar-refractivity contribution in [2.45, 2.75) is 72.1 Å². The van der Waals surface area contributed by atoms with Crippen LogP contribution >= 0.6 is 0 Å². The van der Waals surface area contributed by atoms with Crippen molar-refractivity contribution in [3.63, 3.8) is 0 Å². The minimum absolute atomic E-state index is 0.109. The molecule has 36 heavy (non-hydrogen) atoms. The molecule has 0 heterocycles. The number of ether oxygens (including phenoxy) is 1. The second-order valence-electron chi connectivity index (χ2n) is 9.80. The van der Waals surface area contributed by atoms with Crippen LogP contribution in [0.3, 0.4) is 0 Å². The van der Waals surface area contributed by atoms with Gasteiger partial charge in [0, 0.05) is 13.1 Å². The second kappa shape index (κ2) is 13.5. The first-order valence-corrected chi connectivity index (χ1v) is 12.4. The third kappa shape index (κ3) is 9.24. The average molecular weight is 498 g/mol. The molecule has 2 aromatic rings. The largest absolute Gasteiger partial charge is 0.508 e. The van der Waals surface area contributed by atoms with Crippen molar-refractivity contribution in [1.82, 2.24) is 15.5 Å². The van der Waals surface area contributed by atoms with Gasteiger partial charge in [-0.2, -0.15) is 0 Å². The van der Waals surface area contributed by atoms with Crippen molar-refractivity contribution in [3.05, 3.63) is 65.2 Å². The van der Waals surface area contributed by atoms with E-state index >= 15 is 0 Å². The Morgan fingerprint density at radius 3 is 2.33 bits per heavy atom. The number of benzene rings is 2. The summed E-state index contributed by atoms with van der Waals surface area (Å²) in [6.45, 7) is 9.37. The number of aromatic hydroxyl groups is 1. The van der Waals surface area contributed by atoms with E-state index in [1.54, 1.807) is 39.8 Å². The van der Waals surface area contributed by atoms with Gasteiger partial charge in [-0.3, -0.25) is 9.59 Å². The summed E-state index contributed by atoms with van der Waals surface area (Å²) in [5, 5.41) is 15.5. The number of aryl methyl sites for hydroxylation is 1. The van der Waals surface area contributed by atoms with E-state index in [4.69, 9.17) is 4.74 Å². The zero-order valence-corrected chi connectivity index (χ0v) is 22.0. The van der Waals surface area contributed by atoms with Crippen LogP contribution in [0.25, 0.3) is 0 Å². The van der Waals surface area contributed by atoms with Gasteiger partial charge in [0.15, 0.2) is 0 Å². The Hall–Kier alpha value is -3.55. The molecule has 0 aliphatic heterocycles. The first-order valence-electron chi connectivity index (χ1n) is 12.4. The Bertz CT molecular complexity index is 1020. The SMILES string of the molecule is CCCCCN(C(=O)CNC(=O)OC(C)(C)C)C(C(=O)NCc1ccccc1)c1ccc(O)c(C)c1. The van der Waals surface area contributed by atoms with Gasteiger partial charge in [0.25, 0.3) is 0 Å². The summed E-state index contributed by atoms with van der Waals surface area (Å²) >= 11 is 0. The number of unbranched alkanes of at least 4 members (excludes halogenated alkanes) is 2. The van der Waals surface area contributed by atoms with E-state index in [2.05, 4.69) is 17.6 Å². The van der Waals surface area contributed by atoms with E-state index in [9.17, 15) is 19.5 Å². The lowest BCUT2D eigenvalue weighted by Crippen LogP contribution is -2.48. The molecule has 0 bridgehead atoms. The highest BCUT2D eigenvalue weighted by Crippen LogP contribution is 2.27. The maximum atomic E-state index is 13.5. The zero-order chi connectivity index (χ0) is 26.7. The molecule has 0 saturated carbocycles. The molecule has 3 N–H and O–H groups in total. The lowest BCUT2D eigenvalue weighted by molar-refractivity contribution is -0.140. The Morgan fingerprint density at radius 1 is 1.03 bits per heavy atom. The molecule has 0 aliphatic rings. The van der Waals surface area contributed by atoms with Gasteiger partial charge in [-0.25, -0.2) is 4.79 Å². The fourth-order valence-corrected chi connectivity index (χ4v) is 3.70. The van der Waals surface area contributed by atoms with Crippen LogP contribution in [0.15, 0.2) is 48.5 Å². The predicted molar refractivity (Wildman–Crippen MR) is 139 cm³/mol. The molecule has 0 saturated heterocycles. The molecule has 3 amide bonds. The molecule has 8 nitrogen and oxygen atoms in total. The summed E-state index contributed by atoms with van der Waals surface area (Å²) in [6.07, 6.45) is 1.83. The third-order valence-electron chi connectivity index (χ3n) is 5.51. The summed E-state index contributed by atoms with van der Waals surface area (Å²) in [7, 11) is 0. The molecule has 1 atom stereocenters. The number of nitrogens with zero attached hydrogens (tertiary/aromatic N) is 1.